The van der Waals surface area contributed by atoms with Crippen molar-refractivity contribution in [1.29, 1.82) is 0 Å². The Kier molecular flexibility index (Phi) is 6.92. The van der Waals surface area contributed by atoms with Gasteiger partial charge in [0.25, 0.3) is 5.91 Å². The first-order valence-electron chi connectivity index (χ1n) is 6.66. The number of hydrogen-bond acceptors (Lipinski definition) is 2. The Bertz CT molecular complexity index is 419. The van der Waals surface area contributed by atoms with Gasteiger partial charge in [-0.15, -0.1) is 0 Å². The van der Waals surface area contributed by atoms with Crippen LogP contribution in [-0.4, -0.2) is 19.6 Å². The van der Waals surface area contributed by atoms with Gasteiger partial charge in [0, 0.05) is 11.0 Å². The molecule has 0 saturated carbocycles. The number of benzene rings is 1. The average Bonchev–Trinajstić information content (AvgIpc) is 2.38. The first kappa shape index (κ1) is 16.0. The molecule has 1 N–H and O–H groups in total. The molecule has 0 atom stereocenters. The Hall–Kier alpha value is -1.03. The van der Waals surface area contributed by atoms with Crippen molar-refractivity contribution in [2.75, 3.05) is 13.7 Å². The van der Waals surface area contributed by atoms with Gasteiger partial charge in [0.1, 0.15) is 5.75 Å². The number of carbonyl (C=O) groups is 1. The van der Waals surface area contributed by atoms with Crippen LogP contribution in [0.2, 0.25) is 0 Å². The summed E-state index contributed by atoms with van der Waals surface area (Å²) < 4.78 is 5.91. The molecule has 0 aliphatic rings. The van der Waals surface area contributed by atoms with Crippen LogP contribution in [-0.2, 0) is 0 Å². The van der Waals surface area contributed by atoms with Gasteiger partial charge in [-0.3, -0.25) is 4.79 Å². The highest BCUT2D eigenvalue weighted by molar-refractivity contribution is 9.10. The zero-order valence-corrected chi connectivity index (χ0v) is 13.4. The van der Waals surface area contributed by atoms with Crippen molar-refractivity contribution >= 4 is 21.8 Å². The van der Waals surface area contributed by atoms with Crippen molar-refractivity contribution in [3.05, 3.63) is 28.2 Å². The summed E-state index contributed by atoms with van der Waals surface area (Å²) in [5, 5.41) is 2.94. The molecule has 1 rings (SSSR count). The zero-order chi connectivity index (χ0) is 14.3. The normalized spacial score (nSPS) is 10.6. The van der Waals surface area contributed by atoms with Crippen LogP contribution < -0.4 is 10.1 Å². The van der Waals surface area contributed by atoms with Gasteiger partial charge in [0.15, 0.2) is 0 Å². The molecule has 0 bridgehead atoms. The molecular weight excluding hydrogens is 306 g/mol. The minimum Gasteiger partial charge on any atom is -0.497 e. The smallest absolute Gasteiger partial charge is 0.252 e. The van der Waals surface area contributed by atoms with E-state index in [1.165, 1.54) is 6.42 Å². The predicted octanol–water partition coefficient (Wildman–Crippen LogP) is 4.01. The number of unbranched alkanes of at least 4 members (excludes halogenated alkanes) is 1. The second-order valence-electron chi connectivity index (χ2n) is 4.99. The number of halogens is 1. The molecule has 0 unspecified atom stereocenters. The van der Waals surface area contributed by atoms with E-state index in [1.807, 2.05) is 12.1 Å². The van der Waals surface area contributed by atoms with Crippen molar-refractivity contribution in [2.24, 2.45) is 5.92 Å². The highest BCUT2D eigenvalue weighted by atomic mass is 79.9. The second-order valence-corrected chi connectivity index (χ2v) is 5.85. The fourth-order valence-corrected chi connectivity index (χ4v) is 2.21. The van der Waals surface area contributed by atoms with E-state index < -0.39 is 0 Å². The lowest BCUT2D eigenvalue weighted by Crippen LogP contribution is -2.24. The molecule has 4 heteroatoms. The maximum absolute atomic E-state index is 12.0. The Morgan fingerprint density at radius 3 is 2.74 bits per heavy atom. The summed E-state index contributed by atoms with van der Waals surface area (Å²) in [4.78, 5) is 12.0. The van der Waals surface area contributed by atoms with Crippen LogP contribution in [0.3, 0.4) is 0 Å². The van der Waals surface area contributed by atoms with Gasteiger partial charge in [-0.25, -0.2) is 0 Å². The number of carbonyl (C=O) groups excluding carboxylic acids is 1. The van der Waals surface area contributed by atoms with Crippen molar-refractivity contribution in [3.8, 4) is 5.75 Å². The van der Waals surface area contributed by atoms with Crippen molar-refractivity contribution in [2.45, 2.75) is 33.1 Å². The number of nitrogens with one attached hydrogen (secondary N) is 1. The quantitative estimate of drug-likeness (QED) is 0.768. The number of amides is 1. The molecule has 1 aromatic rings. The lowest BCUT2D eigenvalue weighted by Gasteiger charge is -2.09. The molecule has 3 nitrogen and oxygen atoms in total. The zero-order valence-electron chi connectivity index (χ0n) is 11.8. The molecule has 0 aliphatic carbocycles. The van der Waals surface area contributed by atoms with Crippen LogP contribution in [0.1, 0.15) is 43.5 Å². The molecule has 19 heavy (non-hydrogen) atoms. The lowest BCUT2D eigenvalue weighted by molar-refractivity contribution is 0.0951. The highest BCUT2D eigenvalue weighted by Crippen LogP contribution is 2.22. The molecule has 1 aromatic carbocycles. The second kappa shape index (κ2) is 8.20. The first-order chi connectivity index (χ1) is 9.04. The van der Waals surface area contributed by atoms with E-state index in [9.17, 15) is 4.79 Å². The van der Waals surface area contributed by atoms with Gasteiger partial charge in [0.2, 0.25) is 0 Å². The summed E-state index contributed by atoms with van der Waals surface area (Å²) >= 11 is 3.39. The largest absolute Gasteiger partial charge is 0.497 e. The van der Waals surface area contributed by atoms with Gasteiger partial charge in [-0.05, 0) is 46.5 Å². The summed E-state index contributed by atoms with van der Waals surface area (Å²) in [5.41, 5.74) is 0.614. The average molecular weight is 328 g/mol. The summed E-state index contributed by atoms with van der Waals surface area (Å²) in [7, 11) is 1.59. The van der Waals surface area contributed by atoms with Crippen LogP contribution in [0.15, 0.2) is 22.7 Å². The van der Waals surface area contributed by atoms with Gasteiger partial charge in [0.05, 0.1) is 12.7 Å². The fraction of sp³-hybridized carbons (Fsp3) is 0.533. The molecule has 0 spiro atoms. The number of rotatable bonds is 7. The minimum absolute atomic E-state index is 0.0599. The predicted molar refractivity (Wildman–Crippen MR) is 81.7 cm³/mol. The highest BCUT2D eigenvalue weighted by Gasteiger charge is 2.10. The molecule has 0 aliphatic heterocycles. The van der Waals surface area contributed by atoms with E-state index in [-0.39, 0.29) is 5.91 Å². The van der Waals surface area contributed by atoms with Crippen LogP contribution >= 0.6 is 15.9 Å². The third kappa shape index (κ3) is 5.64. The van der Waals surface area contributed by atoms with Crippen LogP contribution in [0.25, 0.3) is 0 Å². The van der Waals surface area contributed by atoms with E-state index in [1.54, 1.807) is 13.2 Å². The minimum atomic E-state index is -0.0599. The molecule has 0 heterocycles. The third-order valence-corrected chi connectivity index (χ3v) is 3.60. The molecule has 0 saturated heterocycles. The van der Waals surface area contributed by atoms with Crippen molar-refractivity contribution < 1.29 is 9.53 Å². The summed E-state index contributed by atoms with van der Waals surface area (Å²) in [6.45, 7) is 5.15. The van der Waals surface area contributed by atoms with Crippen molar-refractivity contribution in [1.82, 2.24) is 5.32 Å². The van der Waals surface area contributed by atoms with E-state index >= 15 is 0 Å². The molecule has 0 radical (unpaired) electrons. The van der Waals surface area contributed by atoms with Gasteiger partial charge in [-0.2, -0.15) is 0 Å². The van der Waals surface area contributed by atoms with Crippen LogP contribution in [0.4, 0.5) is 0 Å². The molecule has 106 valence electrons. The fourth-order valence-electron chi connectivity index (χ4n) is 1.78. The third-order valence-electron chi connectivity index (χ3n) is 2.91. The summed E-state index contributed by atoms with van der Waals surface area (Å²) in [5.74, 6) is 1.35. The SMILES string of the molecule is COc1ccc(Br)c(C(=O)NCCCCC(C)C)c1. The Morgan fingerprint density at radius 2 is 2.11 bits per heavy atom. The van der Waals surface area contributed by atoms with E-state index in [2.05, 4.69) is 35.1 Å². The number of hydrogen-bond donors (Lipinski definition) is 1. The van der Waals surface area contributed by atoms with E-state index in [0.29, 0.717) is 11.3 Å². The number of methoxy groups -OCH3 is 1. The standard InChI is InChI=1S/C15H22BrNO2/c1-11(2)6-4-5-9-17-15(18)13-10-12(19-3)7-8-14(13)16/h7-8,10-11H,4-6,9H2,1-3H3,(H,17,18). The Morgan fingerprint density at radius 1 is 1.37 bits per heavy atom. The maximum Gasteiger partial charge on any atom is 0.252 e. The summed E-state index contributed by atoms with van der Waals surface area (Å²) in [6, 6.07) is 5.39. The van der Waals surface area contributed by atoms with Crippen LogP contribution in [0, 0.1) is 5.92 Å². The van der Waals surface area contributed by atoms with E-state index in [4.69, 9.17) is 4.74 Å². The summed E-state index contributed by atoms with van der Waals surface area (Å²) in [6.07, 6.45) is 3.38. The Labute approximate surface area is 123 Å². The maximum atomic E-state index is 12.0. The van der Waals surface area contributed by atoms with Gasteiger partial charge < -0.3 is 10.1 Å². The molecule has 1 amide bonds. The monoisotopic (exact) mass is 327 g/mol. The molecule has 0 fully saturated rings. The topological polar surface area (TPSA) is 38.3 Å². The lowest BCUT2D eigenvalue weighted by atomic mass is 10.1. The first-order valence-corrected chi connectivity index (χ1v) is 7.45. The van der Waals surface area contributed by atoms with Crippen LogP contribution in [0.5, 0.6) is 5.75 Å². The Balaban J connectivity index is 2.45. The number of ether oxygens (including phenoxy) is 1. The van der Waals surface area contributed by atoms with Crippen molar-refractivity contribution in [3.63, 3.8) is 0 Å². The molecule has 0 aromatic heterocycles. The van der Waals surface area contributed by atoms with Gasteiger partial charge >= 0.3 is 0 Å². The van der Waals surface area contributed by atoms with Gasteiger partial charge in [-0.1, -0.05) is 26.7 Å². The molecular formula is C15H22BrNO2. The van der Waals surface area contributed by atoms with E-state index in [0.717, 1.165) is 29.8 Å².